The molecule has 0 saturated heterocycles. The fraction of sp³-hybridized carbons (Fsp3) is 0.673. The third kappa shape index (κ3) is 9.03. The molecule has 4 saturated carbocycles. The Hall–Kier alpha value is -3.46. The fourth-order valence-electron chi connectivity index (χ4n) is 14.0. The highest BCUT2D eigenvalue weighted by atomic mass is 32.2. The van der Waals surface area contributed by atoms with Crippen LogP contribution in [0.2, 0.25) is 0 Å². The minimum absolute atomic E-state index is 0.0218. The van der Waals surface area contributed by atoms with Gasteiger partial charge in [-0.1, -0.05) is 103 Å². The van der Waals surface area contributed by atoms with Crippen LogP contribution < -0.4 is 4.90 Å². The predicted molar refractivity (Wildman–Crippen MR) is 253 cm³/mol. The van der Waals surface area contributed by atoms with Crippen LogP contribution in [0.5, 0.6) is 0 Å². The van der Waals surface area contributed by atoms with E-state index in [1.807, 2.05) is 11.8 Å². The summed E-state index contributed by atoms with van der Waals surface area (Å²) in [6.45, 7) is 20.9. The number of hydrogen-bond acceptors (Lipinski definition) is 10. The lowest BCUT2D eigenvalue weighted by Crippen LogP contribution is -2.67. The molecular formula is C52H76N2O10S. The van der Waals surface area contributed by atoms with Crippen molar-refractivity contribution in [1.82, 2.24) is 4.90 Å². The molecule has 0 radical (unpaired) electrons. The summed E-state index contributed by atoms with van der Waals surface area (Å²) in [5.74, 6) is -2.83. The molecule has 0 amide bonds. The van der Waals surface area contributed by atoms with Crippen molar-refractivity contribution in [2.24, 2.45) is 56.2 Å². The molecule has 13 heteroatoms. The Morgan fingerprint density at radius 2 is 1.31 bits per heavy atom. The van der Waals surface area contributed by atoms with E-state index in [1.165, 1.54) is 26.7 Å². The van der Waals surface area contributed by atoms with Gasteiger partial charge >= 0.3 is 17.9 Å². The number of aliphatic carboxylic acids is 3. The SMILES string of the molecule is CC(CN(C)C)CN1c2ccccc2Sc2ccccc21.CC1(C)CCC2(C(=O)O)C(O)CC3(C)C(=CCC4C5(C)CCC(O)C(C)(C)C5CCC43C)C2C1.O=C(O)C(O)C(O)C(=O)O. The van der Waals surface area contributed by atoms with Gasteiger partial charge in [-0.2, -0.15) is 0 Å². The third-order valence-electron chi connectivity index (χ3n) is 17.6. The number of carboxylic acids is 3. The summed E-state index contributed by atoms with van der Waals surface area (Å²) in [6, 6.07) is 17.4. The van der Waals surface area contributed by atoms with Crippen LogP contribution in [0.1, 0.15) is 113 Å². The van der Waals surface area contributed by atoms with Crippen molar-refractivity contribution in [1.29, 1.82) is 0 Å². The van der Waals surface area contributed by atoms with E-state index in [4.69, 9.17) is 20.4 Å². The summed E-state index contributed by atoms with van der Waals surface area (Å²) in [4.78, 5) is 39.8. The standard InChI is InChI=1S/C30H48O4.C18H22N2S.C4H6O6/c1-25(2)14-15-30(24(33)34)19(16-25)18-8-9-21-27(5)12-11-22(31)26(3,4)20(27)10-13-28(21,6)29(18,7)17-23(30)32;1-14(12-19(2)3)13-20-15-8-4-6-10-17(15)21-18-11-7-5-9-16(18)20;5-1(3(7)8)2(6)4(9)10/h8,19-23,31-32H,9-17H2,1-7H3,(H,33,34);4-11,14H,12-13H2,1-3H3;1-2,5-6H,(H,7,8)(H,9,10). The first-order valence-corrected chi connectivity index (χ1v) is 24.4. The highest BCUT2D eigenvalue weighted by molar-refractivity contribution is 7.99. The molecule has 12 nitrogen and oxygen atoms in total. The number of nitrogens with zero attached hydrogens (tertiary/aromatic N) is 2. The van der Waals surface area contributed by atoms with Gasteiger partial charge in [0.05, 0.1) is 23.6 Å². The summed E-state index contributed by atoms with van der Waals surface area (Å²) >= 11 is 1.88. The summed E-state index contributed by atoms with van der Waals surface area (Å²) in [5.41, 5.74) is 2.97. The molecule has 6 aliphatic rings. The van der Waals surface area contributed by atoms with Crippen molar-refractivity contribution in [2.45, 2.75) is 147 Å². The van der Waals surface area contributed by atoms with Crippen LogP contribution in [0.25, 0.3) is 0 Å². The molecule has 1 heterocycles. The molecule has 12 atom stereocenters. The van der Waals surface area contributed by atoms with Crippen molar-refractivity contribution in [3.05, 3.63) is 60.2 Å². The van der Waals surface area contributed by atoms with Gasteiger partial charge in [0.25, 0.3) is 0 Å². The van der Waals surface area contributed by atoms with E-state index in [0.29, 0.717) is 30.6 Å². The molecule has 7 N–H and O–H groups in total. The molecule has 12 unspecified atom stereocenters. The first-order chi connectivity index (χ1) is 30.2. The van der Waals surface area contributed by atoms with Crippen LogP contribution in [-0.4, -0.2) is 110 Å². The molecule has 65 heavy (non-hydrogen) atoms. The minimum Gasteiger partial charge on any atom is -0.481 e. The van der Waals surface area contributed by atoms with Gasteiger partial charge in [-0.25, -0.2) is 9.59 Å². The van der Waals surface area contributed by atoms with E-state index in [9.17, 15) is 29.7 Å². The smallest absolute Gasteiger partial charge is 0.335 e. The number of aliphatic hydroxyl groups is 4. The summed E-state index contributed by atoms with van der Waals surface area (Å²) in [7, 11) is 4.29. The normalized spacial score (nSPS) is 35.2. The molecular weight excluding hydrogens is 845 g/mol. The number of aliphatic hydroxyl groups excluding tert-OH is 4. The van der Waals surface area contributed by atoms with Crippen LogP contribution in [0.4, 0.5) is 11.4 Å². The largest absolute Gasteiger partial charge is 0.481 e. The average Bonchev–Trinajstić information content (AvgIpc) is 3.21. The average molecular weight is 921 g/mol. The topological polar surface area (TPSA) is 199 Å². The molecule has 2 aromatic rings. The van der Waals surface area contributed by atoms with Crippen LogP contribution in [-0.2, 0) is 14.4 Å². The lowest BCUT2D eigenvalue weighted by molar-refractivity contribution is -0.218. The number of allylic oxidation sites excluding steroid dienone is 2. The molecule has 1 aliphatic heterocycles. The van der Waals surface area contributed by atoms with Gasteiger partial charge in [-0.05, 0) is 147 Å². The Labute approximate surface area is 390 Å². The van der Waals surface area contributed by atoms with Crippen molar-refractivity contribution in [3.8, 4) is 0 Å². The van der Waals surface area contributed by atoms with Gasteiger partial charge in [-0.3, -0.25) is 4.79 Å². The number of carboxylic acid groups (broad SMARTS) is 3. The minimum atomic E-state index is -2.27. The number of carbonyl (C=O) groups is 3. The molecule has 0 bridgehead atoms. The second kappa shape index (κ2) is 18.6. The maximum absolute atomic E-state index is 12.8. The Morgan fingerprint density at radius 3 is 1.83 bits per heavy atom. The van der Waals surface area contributed by atoms with Crippen molar-refractivity contribution >= 4 is 41.0 Å². The maximum Gasteiger partial charge on any atom is 0.335 e. The number of anilines is 2. The third-order valence-corrected chi connectivity index (χ3v) is 18.7. The monoisotopic (exact) mass is 921 g/mol. The van der Waals surface area contributed by atoms with Crippen molar-refractivity contribution in [3.63, 3.8) is 0 Å². The fourth-order valence-corrected chi connectivity index (χ4v) is 15.1. The Balaban J connectivity index is 0.000000191. The quantitative estimate of drug-likeness (QED) is 0.124. The number of benzene rings is 2. The van der Waals surface area contributed by atoms with E-state index in [1.54, 1.807) is 0 Å². The van der Waals surface area contributed by atoms with Crippen LogP contribution in [0.15, 0.2) is 70.0 Å². The molecule has 0 spiro atoms. The maximum atomic E-state index is 12.8. The zero-order valence-electron chi connectivity index (χ0n) is 40.3. The zero-order chi connectivity index (χ0) is 48.2. The van der Waals surface area contributed by atoms with E-state index in [-0.39, 0.29) is 39.1 Å². The number of hydrogen-bond donors (Lipinski definition) is 7. The van der Waals surface area contributed by atoms with Gasteiger partial charge in [0.15, 0.2) is 12.2 Å². The van der Waals surface area contributed by atoms with E-state index in [2.05, 4.69) is 134 Å². The summed E-state index contributed by atoms with van der Waals surface area (Å²) < 4.78 is 0. The second-order valence-electron chi connectivity index (χ2n) is 22.7. The number of para-hydroxylation sites is 2. The van der Waals surface area contributed by atoms with Gasteiger partial charge in [0.2, 0.25) is 0 Å². The Kier molecular flexibility index (Phi) is 14.5. The molecule has 0 aromatic heterocycles. The lowest BCUT2D eigenvalue weighted by atomic mass is 9.33. The first kappa shape index (κ1) is 50.9. The van der Waals surface area contributed by atoms with E-state index in [0.717, 1.165) is 58.0 Å². The van der Waals surface area contributed by atoms with Crippen molar-refractivity contribution < 1.29 is 50.1 Å². The number of rotatable bonds is 8. The zero-order valence-corrected chi connectivity index (χ0v) is 41.1. The lowest BCUT2D eigenvalue weighted by Gasteiger charge is -2.71. The first-order valence-electron chi connectivity index (χ1n) is 23.6. The van der Waals surface area contributed by atoms with Crippen molar-refractivity contribution in [2.75, 3.05) is 32.1 Å². The summed E-state index contributed by atoms with van der Waals surface area (Å²) in [5, 5.41) is 65.6. The van der Waals surface area contributed by atoms with Gasteiger partial charge in [0, 0.05) is 22.9 Å². The predicted octanol–water partition coefficient (Wildman–Crippen LogP) is 8.57. The molecule has 4 fully saturated rings. The van der Waals surface area contributed by atoms with Crippen LogP contribution in [0.3, 0.4) is 0 Å². The molecule has 8 rings (SSSR count). The highest BCUT2D eigenvalue weighted by Gasteiger charge is 2.71. The molecule has 5 aliphatic carbocycles. The van der Waals surface area contributed by atoms with Crippen LogP contribution >= 0.6 is 11.8 Å². The molecule has 2 aromatic carbocycles. The highest BCUT2D eigenvalue weighted by Crippen LogP contribution is 2.75. The van der Waals surface area contributed by atoms with Crippen LogP contribution in [0, 0.1) is 56.2 Å². The van der Waals surface area contributed by atoms with Gasteiger partial charge in [0.1, 0.15) is 5.41 Å². The Morgan fingerprint density at radius 1 is 0.754 bits per heavy atom. The molecule has 360 valence electrons. The second-order valence-corrected chi connectivity index (χ2v) is 23.8. The van der Waals surface area contributed by atoms with Gasteiger partial charge in [-0.15, -0.1) is 0 Å². The van der Waals surface area contributed by atoms with Gasteiger partial charge < -0.3 is 45.5 Å². The Bertz CT molecular complexity index is 2060. The number of fused-ring (bicyclic) bond motifs is 9. The summed E-state index contributed by atoms with van der Waals surface area (Å²) in [6.07, 6.45) is 4.82. The van der Waals surface area contributed by atoms with E-state index >= 15 is 0 Å². The van der Waals surface area contributed by atoms with E-state index < -0.39 is 41.6 Å².